The number of likely N-dealkylation sites (N-methyl/N-ethyl adjacent to an activating group) is 1. The highest BCUT2D eigenvalue weighted by Gasteiger charge is 2.23. The van der Waals surface area contributed by atoms with Crippen LogP contribution in [-0.2, 0) is 14.3 Å². The topological polar surface area (TPSA) is 77.1 Å². The number of carbonyl (C=O) groups is 2. The molecule has 0 saturated heterocycles. The number of hydrogen-bond acceptors (Lipinski definition) is 7. The number of methoxy groups -OCH3 is 2. The monoisotopic (exact) mass is 420 g/mol. The van der Waals surface area contributed by atoms with E-state index in [9.17, 15) is 9.59 Å². The molecular formula is C21H28N2O5S. The number of amides is 1. The van der Waals surface area contributed by atoms with Crippen molar-refractivity contribution in [3.8, 4) is 16.9 Å². The minimum Gasteiger partial charge on any atom is -0.497 e. The van der Waals surface area contributed by atoms with Gasteiger partial charge < -0.3 is 19.5 Å². The number of hydrogen-bond donors (Lipinski definition) is 1. The first-order valence-electron chi connectivity index (χ1n) is 9.40. The predicted molar refractivity (Wildman–Crippen MR) is 115 cm³/mol. The average molecular weight is 421 g/mol. The van der Waals surface area contributed by atoms with Crippen LogP contribution >= 0.6 is 11.3 Å². The van der Waals surface area contributed by atoms with Crippen molar-refractivity contribution >= 4 is 28.2 Å². The van der Waals surface area contributed by atoms with E-state index in [0.717, 1.165) is 29.8 Å². The molecule has 0 aliphatic carbocycles. The van der Waals surface area contributed by atoms with Gasteiger partial charge in [-0.25, -0.2) is 4.79 Å². The lowest BCUT2D eigenvalue weighted by Gasteiger charge is -2.16. The Labute approximate surface area is 175 Å². The fraction of sp³-hybridized carbons (Fsp3) is 0.429. The van der Waals surface area contributed by atoms with Gasteiger partial charge in [-0.3, -0.25) is 9.69 Å². The predicted octanol–water partition coefficient (Wildman–Crippen LogP) is 3.51. The van der Waals surface area contributed by atoms with Crippen LogP contribution in [0.25, 0.3) is 11.1 Å². The van der Waals surface area contributed by atoms with Gasteiger partial charge in [-0.05, 0) is 38.1 Å². The molecule has 2 aromatic rings. The molecule has 0 spiro atoms. The van der Waals surface area contributed by atoms with Crippen molar-refractivity contribution in [2.75, 3.05) is 52.9 Å². The highest BCUT2D eigenvalue weighted by molar-refractivity contribution is 7.15. The molecule has 1 aromatic heterocycles. The Hall–Kier alpha value is -2.42. The van der Waals surface area contributed by atoms with Gasteiger partial charge in [0.25, 0.3) is 0 Å². The van der Waals surface area contributed by atoms with Crippen molar-refractivity contribution in [2.24, 2.45) is 0 Å². The van der Waals surface area contributed by atoms with Gasteiger partial charge >= 0.3 is 5.97 Å². The third-order valence-corrected chi connectivity index (χ3v) is 5.12. The van der Waals surface area contributed by atoms with Crippen LogP contribution in [0.5, 0.6) is 5.75 Å². The lowest BCUT2D eigenvalue weighted by molar-refractivity contribution is -0.117. The Kier molecular flexibility index (Phi) is 9.11. The number of nitrogens with zero attached hydrogens (tertiary/aromatic N) is 1. The standard InChI is InChI=1S/C21H28N2O5S/c1-5-28-21(25)19-17(15-7-9-16(27-4)10-8-15)14-29-20(19)22-18(24)13-23(2)11-6-12-26-3/h7-10,14H,5-6,11-13H2,1-4H3,(H,22,24). The van der Waals surface area contributed by atoms with Crippen molar-refractivity contribution in [1.29, 1.82) is 0 Å². The van der Waals surface area contributed by atoms with Crippen molar-refractivity contribution in [3.63, 3.8) is 0 Å². The molecule has 1 N–H and O–H groups in total. The summed E-state index contributed by atoms with van der Waals surface area (Å²) < 4.78 is 15.5. The van der Waals surface area contributed by atoms with Gasteiger partial charge in [-0.1, -0.05) is 12.1 Å². The zero-order valence-electron chi connectivity index (χ0n) is 17.3. The summed E-state index contributed by atoms with van der Waals surface area (Å²) in [7, 11) is 5.13. The maximum atomic E-state index is 12.6. The molecule has 0 atom stereocenters. The molecule has 0 radical (unpaired) electrons. The lowest BCUT2D eigenvalue weighted by atomic mass is 10.0. The fourth-order valence-corrected chi connectivity index (χ4v) is 3.78. The van der Waals surface area contributed by atoms with E-state index in [4.69, 9.17) is 14.2 Å². The number of carbonyl (C=O) groups excluding carboxylic acids is 2. The van der Waals surface area contributed by atoms with Gasteiger partial charge in [0, 0.05) is 31.2 Å². The lowest BCUT2D eigenvalue weighted by Crippen LogP contribution is -2.31. The molecule has 29 heavy (non-hydrogen) atoms. The maximum absolute atomic E-state index is 12.6. The molecule has 1 heterocycles. The van der Waals surface area contributed by atoms with E-state index in [1.807, 2.05) is 41.6 Å². The van der Waals surface area contributed by atoms with Crippen LogP contribution in [-0.4, -0.2) is 64.3 Å². The van der Waals surface area contributed by atoms with E-state index in [0.29, 0.717) is 17.2 Å². The molecule has 158 valence electrons. The summed E-state index contributed by atoms with van der Waals surface area (Å²) >= 11 is 1.31. The highest BCUT2D eigenvalue weighted by atomic mass is 32.1. The number of ether oxygens (including phenoxy) is 3. The van der Waals surface area contributed by atoms with E-state index >= 15 is 0 Å². The number of esters is 1. The smallest absolute Gasteiger partial charge is 0.341 e. The van der Waals surface area contributed by atoms with Crippen LogP contribution in [0.3, 0.4) is 0 Å². The zero-order valence-corrected chi connectivity index (χ0v) is 18.1. The SMILES string of the molecule is CCOC(=O)c1c(-c2ccc(OC)cc2)csc1NC(=O)CN(C)CCCOC. The molecule has 0 aliphatic rings. The van der Waals surface area contributed by atoms with Crippen LogP contribution in [0.1, 0.15) is 23.7 Å². The first-order chi connectivity index (χ1) is 14.0. The van der Waals surface area contributed by atoms with Crippen molar-refractivity contribution < 1.29 is 23.8 Å². The molecule has 1 aromatic carbocycles. The van der Waals surface area contributed by atoms with E-state index in [-0.39, 0.29) is 19.1 Å². The zero-order chi connectivity index (χ0) is 21.2. The van der Waals surface area contributed by atoms with Gasteiger partial charge in [0.1, 0.15) is 16.3 Å². The summed E-state index contributed by atoms with van der Waals surface area (Å²) in [5, 5.41) is 5.21. The quantitative estimate of drug-likeness (QED) is 0.443. The van der Waals surface area contributed by atoms with Gasteiger partial charge in [0.05, 0.1) is 20.3 Å². The van der Waals surface area contributed by atoms with Crippen LogP contribution in [0.4, 0.5) is 5.00 Å². The fourth-order valence-electron chi connectivity index (χ4n) is 2.81. The van der Waals surface area contributed by atoms with Gasteiger partial charge in [-0.15, -0.1) is 11.3 Å². The second-order valence-corrected chi connectivity index (χ2v) is 7.31. The third kappa shape index (κ3) is 6.56. The molecular weight excluding hydrogens is 392 g/mol. The number of rotatable bonds is 11. The molecule has 0 bridgehead atoms. The van der Waals surface area contributed by atoms with Gasteiger partial charge in [0.15, 0.2) is 0 Å². The van der Waals surface area contributed by atoms with Crippen LogP contribution in [0, 0.1) is 0 Å². The van der Waals surface area contributed by atoms with E-state index in [1.54, 1.807) is 21.1 Å². The molecule has 8 heteroatoms. The largest absolute Gasteiger partial charge is 0.497 e. The number of benzene rings is 1. The van der Waals surface area contributed by atoms with E-state index in [1.165, 1.54) is 11.3 Å². The third-order valence-electron chi connectivity index (χ3n) is 4.23. The first-order valence-corrected chi connectivity index (χ1v) is 10.3. The molecule has 0 saturated carbocycles. The Morgan fingerprint density at radius 2 is 1.90 bits per heavy atom. The Balaban J connectivity index is 2.19. The molecule has 0 fully saturated rings. The Morgan fingerprint density at radius 1 is 1.17 bits per heavy atom. The summed E-state index contributed by atoms with van der Waals surface area (Å²) in [6.45, 7) is 3.63. The minimum atomic E-state index is -0.455. The number of thiophene rings is 1. The molecule has 0 unspecified atom stereocenters. The van der Waals surface area contributed by atoms with Crippen LogP contribution in [0.2, 0.25) is 0 Å². The first kappa shape index (κ1) is 22.9. The minimum absolute atomic E-state index is 0.182. The summed E-state index contributed by atoms with van der Waals surface area (Å²) in [6.07, 6.45) is 0.842. The van der Waals surface area contributed by atoms with E-state index in [2.05, 4.69) is 5.32 Å². The molecule has 1 amide bonds. The van der Waals surface area contributed by atoms with Gasteiger partial charge in [-0.2, -0.15) is 0 Å². The summed E-state index contributed by atoms with van der Waals surface area (Å²) in [4.78, 5) is 27.0. The number of nitrogens with one attached hydrogen (secondary N) is 1. The highest BCUT2D eigenvalue weighted by Crippen LogP contribution is 2.36. The maximum Gasteiger partial charge on any atom is 0.341 e. The van der Waals surface area contributed by atoms with Crippen LogP contribution < -0.4 is 10.1 Å². The average Bonchev–Trinajstić information content (AvgIpc) is 3.11. The molecule has 7 nitrogen and oxygen atoms in total. The van der Waals surface area contributed by atoms with Crippen molar-refractivity contribution in [2.45, 2.75) is 13.3 Å². The molecule has 0 aliphatic heterocycles. The molecule has 2 rings (SSSR count). The number of anilines is 1. The van der Waals surface area contributed by atoms with Crippen LogP contribution in [0.15, 0.2) is 29.6 Å². The van der Waals surface area contributed by atoms with Gasteiger partial charge in [0.2, 0.25) is 5.91 Å². The second-order valence-electron chi connectivity index (χ2n) is 6.43. The Morgan fingerprint density at radius 3 is 2.52 bits per heavy atom. The Bertz CT molecular complexity index is 804. The second kappa shape index (κ2) is 11.5. The van der Waals surface area contributed by atoms with E-state index < -0.39 is 5.97 Å². The van der Waals surface area contributed by atoms with Crippen molar-refractivity contribution in [1.82, 2.24) is 4.90 Å². The summed E-state index contributed by atoms with van der Waals surface area (Å²) in [5.41, 5.74) is 1.94. The summed E-state index contributed by atoms with van der Waals surface area (Å²) in [5.74, 6) is 0.0913. The normalized spacial score (nSPS) is 10.8. The summed E-state index contributed by atoms with van der Waals surface area (Å²) in [6, 6.07) is 7.40. The van der Waals surface area contributed by atoms with Crippen molar-refractivity contribution in [3.05, 3.63) is 35.2 Å².